The third-order valence-corrected chi connectivity index (χ3v) is 9.64. The van der Waals surface area contributed by atoms with Crippen molar-refractivity contribution in [3.8, 4) is 0 Å². The minimum absolute atomic E-state index is 0.0190. The lowest BCUT2D eigenvalue weighted by Crippen LogP contribution is -2.60. The number of carbonyl (C=O) groups is 1. The van der Waals surface area contributed by atoms with E-state index in [0.717, 1.165) is 51.4 Å². The molecule has 6 unspecified atom stereocenters. The van der Waals surface area contributed by atoms with Crippen LogP contribution in [0, 0.1) is 0 Å². The number of rotatable bonds is 35. The van der Waals surface area contributed by atoms with Gasteiger partial charge in [0.15, 0.2) is 6.29 Å². The van der Waals surface area contributed by atoms with Gasteiger partial charge in [0.25, 0.3) is 0 Å². The van der Waals surface area contributed by atoms with Crippen LogP contribution in [0.25, 0.3) is 0 Å². The van der Waals surface area contributed by atoms with Crippen LogP contribution in [0.3, 0.4) is 0 Å². The van der Waals surface area contributed by atoms with E-state index in [1.165, 1.54) is 57.8 Å². The van der Waals surface area contributed by atoms with Crippen molar-refractivity contribution in [1.29, 1.82) is 0 Å². The smallest absolute Gasteiger partial charge is 0.397 e. The summed E-state index contributed by atoms with van der Waals surface area (Å²) in [5.74, 6) is -0.426. The van der Waals surface area contributed by atoms with Crippen molar-refractivity contribution in [2.24, 2.45) is 0 Å². The van der Waals surface area contributed by atoms with E-state index in [1.54, 1.807) is 0 Å². The molecular weight excluding hydrogens is 741 g/mol. The van der Waals surface area contributed by atoms with E-state index < -0.39 is 59.8 Å². The van der Waals surface area contributed by atoms with Gasteiger partial charge in [-0.1, -0.05) is 152 Å². The molecule has 6 atom stereocenters. The Kier molecular flexibility index (Phi) is 32.2. The normalized spacial score (nSPS) is 21.4. The van der Waals surface area contributed by atoms with Gasteiger partial charge in [0.05, 0.1) is 26.4 Å². The second-order valence-corrected chi connectivity index (χ2v) is 15.3. The molecule has 0 radical (unpaired) electrons. The Morgan fingerprint density at radius 2 is 1.20 bits per heavy atom. The molecule has 0 aliphatic carbocycles. The van der Waals surface area contributed by atoms with Crippen LogP contribution in [0.5, 0.6) is 0 Å². The maximum atomic E-state index is 12.8. The third kappa shape index (κ3) is 28.2. The van der Waals surface area contributed by atoms with Gasteiger partial charge in [0.1, 0.15) is 30.5 Å². The first-order chi connectivity index (χ1) is 27.1. The van der Waals surface area contributed by atoms with E-state index in [-0.39, 0.29) is 19.6 Å². The Balaban J connectivity index is 2.53. The summed E-state index contributed by atoms with van der Waals surface area (Å²) in [6, 6.07) is 0. The van der Waals surface area contributed by atoms with Crippen LogP contribution in [0.4, 0.5) is 0 Å². The molecule has 0 aromatic rings. The molecule has 4 N–H and O–H groups in total. The summed E-state index contributed by atoms with van der Waals surface area (Å²) >= 11 is 0. The molecule has 1 saturated heterocycles. The van der Waals surface area contributed by atoms with Crippen molar-refractivity contribution in [3.05, 3.63) is 60.8 Å². The van der Waals surface area contributed by atoms with Crippen LogP contribution in [-0.4, -0.2) is 97.5 Å². The molecule has 1 fully saturated rings. The molecule has 0 amide bonds. The van der Waals surface area contributed by atoms with Crippen molar-refractivity contribution < 1.29 is 56.2 Å². The molecule has 1 heterocycles. The molecule has 0 saturated carbocycles. The van der Waals surface area contributed by atoms with E-state index in [1.807, 2.05) is 12.2 Å². The Labute approximate surface area is 338 Å². The fourth-order valence-electron chi connectivity index (χ4n) is 6.03. The molecule has 0 aromatic carbocycles. The largest absolute Gasteiger partial charge is 0.457 e. The van der Waals surface area contributed by atoms with Crippen molar-refractivity contribution in [2.45, 2.75) is 179 Å². The summed E-state index contributed by atoms with van der Waals surface area (Å²) in [6.07, 6.45) is 32.8. The molecule has 0 bridgehead atoms. The Morgan fingerprint density at radius 1 is 0.696 bits per heavy atom. The Bertz CT molecular complexity index is 1220. The summed E-state index contributed by atoms with van der Waals surface area (Å²) in [7, 11) is -5.07. The van der Waals surface area contributed by atoms with E-state index in [9.17, 15) is 28.5 Å². The average Bonchev–Trinajstić information content (AvgIpc) is 3.17. The van der Waals surface area contributed by atoms with Gasteiger partial charge in [-0.05, 0) is 44.9 Å². The Hall–Kier alpha value is -2.20. The fourth-order valence-corrected chi connectivity index (χ4v) is 6.54. The summed E-state index contributed by atoms with van der Waals surface area (Å²) in [5, 5.41) is 30.6. The first kappa shape index (κ1) is 51.8. The highest BCUT2D eigenvalue weighted by molar-refractivity contribution is 7.80. The zero-order chi connectivity index (χ0) is 41.1. The number of esters is 1. The fraction of sp³-hybridized carbons (Fsp3) is 0.744. The number of allylic oxidation sites excluding steroid dienone is 9. The standard InChI is InChI=1S/C43H74O12S/c1-3-5-7-9-11-13-15-17-18-19-21-23-25-27-29-31-33-51-35-37(36-52-43-41(47)42(55-56(48,49)50)40(46)38(34-44)54-43)53-39(45)32-30-28-26-24-22-20-16-14-12-10-8-6-4-2/h5,7,11,13,17-18,21,23,27,29,37-38,40-44,46-47H,3-4,6,8-10,12,14-16,19-20,22,24-26,28,30-36H2,1-2H3,(H,48,49,50)/b7-5-,13-11-,18-17-,23-21-,29-27-. The minimum Gasteiger partial charge on any atom is -0.457 e. The first-order valence-electron chi connectivity index (χ1n) is 21.0. The summed E-state index contributed by atoms with van der Waals surface area (Å²) in [5.41, 5.74) is 0. The lowest BCUT2D eigenvalue weighted by molar-refractivity contribution is -0.301. The van der Waals surface area contributed by atoms with Crippen LogP contribution < -0.4 is 0 Å². The van der Waals surface area contributed by atoms with Crippen LogP contribution in [-0.2, 0) is 38.3 Å². The zero-order valence-electron chi connectivity index (χ0n) is 34.2. The van der Waals surface area contributed by atoms with Crippen molar-refractivity contribution >= 4 is 16.4 Å². The SMILES string of the molecule is CC/C=C\C/C=C\C/C=C\C/C=C\C/C=C\CCOCC(COC1OC(CO)C(O)C(OS(=O)(=O)O)C1O)OC(=O)CCCCCCCCCCCCCCC. The molecular formula is C43H74O12S. The molecule has 324 valence electrons. The van der Waals surface area contributed by atoms with Gasteiger partial charge < -0.3 is 34.3 Å². The monoisotopic (exact) mass is 814 g/mol. The van der Waals surface area contributed by atoms with E-state index in [4.69, 9.17) is 23.5 Å². The molecule has 1 aliphatic heterocycles. The van der Waals surface area contributed by atoms with Crippen molar-refractivity contribution in [2.75, 3.05) is 26.4 Å². The number of hydrogen-bond donors (Lipinski definition) is 4. The molecule has 1 aliphatic rings. The summed E-state index contributed by atoms with van der Waals surface area (Å²) in [4.78, 5) is 12.8. The number of aliphatic hydroxyl groups is 3. The lowest BCUT2D eigenvalue weighted by Gasteiger charge is -2.41. The summed E-state index contributed by atoms with van der Waals surface area (Å²) in [6.45, 7) is 3.63. The van der Waals surface area contributed by atoms with Gasteiger partial charge in [-0.15, -0.1) is 0 Å². The highest BCUT2D eigenvalue weighted by atomic mass is 32.3. The van der Waals surface area contributed by atoms with Gasteiger partial charge in [-0.3, -0.25) is 9.35 Å². The zero-order valence-corrected chi connectivity index (χ0v) is 35.0. The van der Waals surface area contributed by atoms with Crippen LogP contribution in [0.2, 0.25) is 0 Å². The Morgan fingerprint density at radius 3 is 1.70 bits per heavy atom. The average molecular weight is 815 g/mol. The maximum Gasteiger partial charge on any atom is 0.397 e. The second-order valence-electron chi connectivity index (χ2n) is 14.2. The molecule has 0 aromatic heterocycles. The topological polar surface area (TPSA) is 178 Å². The summed E-state index contributed by atoms with van der Waals surface area (Å²) < 4.78 is 58.8. The number of hydrogen-bond acceptors (Lipinski definition) is 11. The quantitative estimate of drug-likeness (QED) is 0.0209. The number of carbonyl (C=O) groups excluding carboxylic acids is 1. The van der Waals surface area contributed by atoms with Crippen LogP contribution >= 0.6 is 0 Å². The minimum atomic E-state index is -5.07. The van der Waals surface area contributed by atoms with Crippen LogP contribution in [0.1, 0.15) is 142 Å². The predicted octanol–water partition coefficient (Wildman–Crippen LogP) is 8.18. The van der Waals surface area contributed by atoms with E-state index in [2.05, 4.69) is 66.6 Å². The molecule has 1 rings (SSSR count). The van der Waals surface area contributed by atoms with Crippen molar-refractivity contribution in [1.82, 2.24) is 0 Å². The lowest BCUT2D eigenvalue weighted by atomic mass is 9.99. The van der Waals surface area contributed by atoms with Gasteiger partial charge in [0.2, 0.25) is 0 Å². The predicted molar refractivity (Wildman–Crippen MR) is 220 cm³/mol. The number of unbranched alkanes of at least 4 members (excludes halogenated alkanes) is 12. The molecule has 0 spiro atoms. The van der Waals surface area contributed by atoms with Gasteiger partial charge in [0, 0.05) is 6.42 Å². The second kappa shape index (κ2) is 34.8. The first-order valence-corrected chi connectivity index (χ1v) is 22.4. The van der Waals surface area contributed by atoms with E-state index >= 15 is 0 Å². The third-order valence-electron chi connectivity index (χ3n) is 9.17. The molecule has 12 nitrogen and oxygen atoms in total. The van der Waals surface area contributed by atoms with Gasteiger partial charge in [-0.2, -0.15) is 8.42 Å². The maximum absolute atomic E-state index is 12.8. The highest BCUT2D eigenvalue weighted by Crippen LogP contribution is 2.26. The van der Waals surface area contributed by atoms with Gasteiger partial charge >= 0.3 is 16.4 Å². The van der Waals surface area contributed by atoms with Gasteiger partial charge in [-0.25, -0.2) is 4.18 Å². The molecule has 56 heavy (non-hydrogen) atoms. The van der Waals surface area contributed by atoms with E-state index in [0.29, 0.717) is 19.4 Å². The van der Waals surface area contributed by atoms with Crippen LogP contribution in [0.15, 0.2) is 60.8 Å². The number of ether oxygens (including phenoxy) is 4. The van der Waals surface area contributed by atoms with Crippen molar-refractivity contribution in [3.63, 3.8) is 0 Å². The number of aliphatic hydroxyl groups excluding tert-OH is 3. The highest BCUT2D eigenvalue weighted by Gasteiger charge is 2.48. The molecule has 13 heteroatoms.